The quantitative estimate of drug-likeness (QED) is 0.790. The minimum Gasteiger partial charge on any atom is -0.327 e. The highest BCUT2D eigenvalue weighted by Gasteiger charge is 2.25. The monoisotopic (exact) mass is 359 g/mol. The molecule has 2 heterocycles. The van der Waals surface area contributed by atoms with Crippen molar-refractivity contribution >= 4 is 29.1 Å². The molecule has 130 valence electrons. The van der Waals surface area contributed by atoms with Crippen LogP contribution in [0.15, 0.2) is 48.7 Å². The number of piperazine rings is 1. The SMILES string of the molecule is O=C(C[NH+]1CCN(C(=O)c2ccccc2)CC1)Nc1cccnc1Cl. The molecule has 7 heteroatoms. The van der Waals surface area contributed by atoms with E-state index in [9.17, 15) is 9.59 Å². The lowest BCUT2D eigenvalue weighted by molar-refractivity contribution is -0.895. The molecule has 0 radical (unpaired) electrons. The van der Waals surface area contributed by atoms with Crippen LogP contribution in [0.25, 0.3) is 0 Å². The van der Waals surface area contributed by atoms with Crippen LogP contribution in [-0.2, 0) is 4.79 Å². The molecule has 1 fully saturated rings. The largest absolute Gasteiger partial charge is 0.327 e. The summed E-state index contributed by atoms with van der Waals surface area (Å²) in [6.07, 6.45) is 1.58. The number of nitrogens with one attached hydrogen (secondary N) is 2. The number of pyridine rings is 1. The number of halogens is 1. The Morgan fingerprint density at radius 1 is 1.12 bits per heavy atom. The average molecular weight is 360 g/mol. The summed E-state index contributed by atoms with van der Waals surface area (Å²) in [5, 5.41) is 3.06. The normalized spacial score (nSPS) is 15.0. The van der Waals surface area contributed by atoms with Crippen LogP contribution >= 0.6 is 11.6 Å². The van der Waals surface area contributed by atoms with Gasteiger partial charge < -0.3 is 15.1 Å². The molecule has 2 N–H and O–H groups in total. The van der Waals surface area contributed by atoms with Crippen LogP contribution in [0.1, 0.15) is 10.4 Å². The maximum Gasteiger partial charge on any atom is 0.279 e. The molecule has 1 aliphatic rings. The van der Waals surface area contributed by atoms with Gasteiger partial charge in [0.05, 0.1) is 31.9 Å². The topological polar surface area (TPSA) is 66.7 Å². The number of nitrogens with zero attached hydrogens (tertiary/aromatic N) is 2. The number of anilines is 1. The predicted molar refractivity (Wildman–Crippen MR) is 95.8 cm³/mol. The van der Waals surface area contributed by atoms with Crippen molar-refractivity contribution in [2.75, 3.05) is 38.0 Å². The van der Waals surface area contributed by atoms with E-state index >= 15 is 0 Å². The Morgan fingerprint density at radius 2 is 1.84 bits per heavy atom. The van der Waals surface area contributed by atoms with Crippen molar-refractivity contribution in [3.05, 3.63) is 59.4 Å². The molecule has 0 aliphatic carbocycles. The van der Waals surface area contributed by atoms with Crippen LogP contribution in [0.4, 0.5) is 5.69 Å². The highest BCUT2D eigenvalue weighted by molar-refractivity contribution is 6.32. The molecule has 0 unspecified atom stereocenters. The maximum absolute atomic E-state index is 12.4. The first-order valence-electron chi connectivity index (χ1n) is 8.22. The van der Waals surface area contributed by atoms with E-state index in [4.69, 9.17) is 11.6 Å². The van der Waals surface area contributed by atoms with Gasteiger partial charge in [-0.3, -0.25) is 9.59 Å². The molecule has 0 atom stereocenters. The van der Waals surface area contributed by atoms with Crippen molar-refractivity contribution in [1.82, 2.24) is 9.88 Å². The van der Waals surface area contributed by atoms with Crippen LogP contribution < -0.4 is 10.2 Å². The van der Waals surface area contributed by atoms with Gasteiger partial charge in [-0.15, -0.1) is 0 Å². The standard InChI is InChI=1S/C18H19ClN4O2/c19-17-15(7-4-8-20-17)21-16(24)13-22-9-11-23(12-10-22)18(25)14-5-2-1-3-6-14/h1-8H,9-13H2,(H,21,24)/p+1. The lowest BCUT2D eigenvalue weighted by atomic mass is 10.2. The highest BCUT2D eigenvalue weighted by Crippen LogP contribution is 2.16. The summed E-state index contributed by atoms with van der Waals surface area (Å²) in [5.41, 5.74) is 1.22. The molecule has 1 aromatic heterocycles. The second-order valence-electron chi connectivity index (χ2n) is 5.97. The van der Waals surface area contributed by atoms with E-state index in [1.165, 1.54) is 0 Å². The Morgan fingerprint density at radius 3 is 2.52 bits per heavy atom. The zero-order valence-corrected chi connectivity index (χ0v) is 14.5. The van der Waals surface area contributed by atoms with E-state index in [2.05, 4.69) is 10.3 Å². The number of quaternary nitrogens is 1. The summed E-state index contributed by atoms with van der Waals surface area (Å²) < 4.78 is 0. The van der Waals surface area contributed by atoms with Gasteiger partial charge in [0.2, 0.25) is 0 Å². The van der Waals surface area contributed by atoms with E-state index < -0.39 is 0 Å². The summed E-state index contributed by atoms with van der Waals surface area (Å²) in [7, 11) is 0. The summed E-state index contributed by atoms with van der Waals surface area (Å²) in [5.74, 6) is -0.0565. The highest BCUT2D eigenvalue weighted by atomic mass is 35.5. The predicted octanol–water partition coefficient (Wildman–Crippen LogP) is 0.714. The first kappa shape index (κ1) is 17.4. The van der Waals surface area contributed by atoms with Gasteiger partial charge in [0.25, 0.3) is 11.8 Å². The third kappa shape index (κ3) is 4.55. The Hall–Kier alpha value is -2.44. The van der Waals surface area contributed by atoms with E-state index in [1.807, 2.05) is 35.2 Å². The Balaban J connectivity index is 1.48. The molecule has 6 nitrogen and oxygen atoms in total. The zero-order chi connectivity index (χ0) is 17.6. The molecule has 1 aromatic carbocycles. The molecule has 0 spiro atoms. The molecule has 25 heavy (non-hydrogen) atoms. The number of hydrogen-bond donors (Lipinski definition) is 2. The summed E-state index contributed by atoms with van der Waals surface area (Å²) in [6, 6.07) is 12.7. The second-order valence-corrected chi connectivity index (χ2v) is 6.33. The molecular weight excluding hydrogens is 340 g/mol. The third-order valence-electron chi connectivity index (χ3n) is 4.22. The van der Waals surface area contributed by atoms with Gasteiger partial charge >= 0.3 is 0 Å². The number of carbonyl (C=O) groups excluding carboxylic acids is 2. The fourth-order valence-corrected chi connectivity index (χ4v) is 3.03. The third-order valence-corrected chi connectivity index (χ3v) is 4.52. The summed E-state index contributed by atoms with van der Waals surface area (Å²) >= 11 is 5.95. The smallest absolute Gasteiger partial charge is 0.279 e. The van der Waals surface area contributed by atoms with Crippen molar-refractivity contribution in [3.63, 3.8) is 0 Å². The average Bonchev–Trinajstić information content (AvgIpc) is 2.64. The Labute approximate surface area is 151 Å². The zero-order valence-electron chi connectivity index (χ0n) is 13.7. The number of aromatic nitrogens is 1. The molecule has 3 rings (SSSR count). The number of hydrogen-bond acceptors (Lipinski definition) is 3. The molecule has 0 saturated carbocycles. The van der Waals surface area contributed by atoms with Crippen LogP contribution in [0.3, 0.4) is 0 Å². The van der Waals surface area contributed by atoms with Gasteiger partial charge in [0.1, 0.15) is 0 Å². The maximum atomic E-state index is 12.4. The van der Waals surface area contributed by atoms with Gasteiger partial charge in [-0.1, -0.05) is 29.8 Å². The van der Waals surface area contributed by atoms with Crippen LogP contribution in [0, 0.1) is 0 Å². The molecule has 2 aromatic rings. The van der Waals surface area contributed by atoms with Crippen molar-refractivity contribution in [3.8, 4) is 0 Å². The van der Waals surface area contributed by atoms with Gasteiger partial charge in [-0.05, 0) is 24.3 Å². The molecule has 1 saturated heterocycles. The van der Waals surface area contributed by atoms with E-state index in [-0.39, 0.29) is 17.0 Å². The lowest BCUT2D eigenvalue weighted by Crippen LogP contribution is -3.15. The second kappa shape index (κ2) is 8.09. The van der Waals surface area contributed by atoms with Crippen molar-refractivity contribution in [2.24, 2.45) is 0 Å². The molecule has 0 bridgehead atoms. The number of amides is 2. The molecular formula is C18H20ClN4O2+. The van der Waals surface area contributed by atoms with Gasteiger partial charge in [-0.2, -0.15) is 0 Å². The number of carbonyl (C=O) groups is 2. The fourth-order valence-electron chi connectivity index (χ4n) is 2.87. The van der Waals surface area contributed by atoms with Crippen molar-refractivity contribution < 1.29 is 14.5 Å². The Kier molecular flexibility index (Phi) is 5.63. The number of benzene rings is 1. The minimum atomic E-state index is -0.104. The van der Waals surface area contributed by atoms with Gasteiger partial charge in [-0.25, -0.2) is 4.98 Å². The van der Waals surface area contributed by atoms with Crippen LogP contribution in [0.5, 0.6) is 0 Å². The van der Waals surface area contributed by atoms with Crippen LogP contribution in [0.2, 0.25) is 5.15 Å². The lowest BCUT2D eigenvalue weighted by Gasteiger charge is -2.32. The van der Waals surface area contributed by atoms with Gasteiger partial charge in [0.15, 0.2) is 11.7 Å². The minimum absolute atomic E-state index is 0.0474. The first-order valence-corrected chi connectivity index (χ1v) is 8.59. The molecule has 2 amide bonds. The Bertz CT molecular complexity index is 746. The van der Waals surface area contributed by atoms with Crippen molar-refractivity contribution in [2.45, 2.75) is 0 Å². The van der Waals surface area contributed by atoms with Gasteiger partial charge in [0, 0.05) is 11.8 Å². The van der Waals surface area contributed by atoms with Crippen LogP contribution in [-0.4, -0.2) is 54.4 Å². The first-order chi connectivity index (χ1) is 12.1. The van der Waals surface area contributed by atoms with E-state index in [0.717, 1.165) is 18.0 Å². The fraction of sp³-hybridized carbons (Fsp3) is 0.278. The van der Waals surface area contributed by atoms with E-state index in [1.54, 1.807) is 18.3 Å². The number of rotatable bonds is 4. The molecule has 1 aliphatic heterocycles. The summed E-state index contributed by atoms with van der Waals surface area (Å²) in [6.45, 7) is 3.12. The van der Waals surface area contributed by atoms with E-state index in [0.29, 0.717) is 30.9 Å². The summed E-state index contributed by atoms with van der Waals surface area (Å²) in [4.78, 5) is 31.5. The van der Waals surface area contributed by atoms with Crippen molar-refractivity contribution in [1.29, 1.82) is 0 Å².